The van der Waals surface area contributed by atoms with Crippen molar-refractivity contribution in [2.75, 3.05) is 19.0 Å². The number of thiophene rings is 1. The van der Waals surface area contributed by atoms with Crippen LogP contribution >= 0.6 is 11.3 Å². The number of rotatable bonds is 7. The van der Waals surface area contributed by atoms with Gasteiger partial charge in [0.25, 0.3) is 5.91 Å². The number of allylic oxidation sites excluding steroid dienone is 1. The molecule has 6 nitrogen and oxygen atoms in total. The zero-order valence-electron chi connectivity index (χ0n) is 21.4. The molecule has 4 rings (SSSR count). The second-order valence-electron chi connectivity index (χ2n) is 10.6. The van der Waals surface area contributed by atoms with Gasteiger partial charge in [-0.2, -0.15) is 13.2 Å². The molecule has 1 fully saturated rings. The number of ether oxygens (including phenoxy) is 2. The summed E-state index contributed by atoms with van der Waals surface area (Å²) < 4.78 is 51.1. The van der Waals surface area contributed by atoms with Crippen molar-refractivity contribution >= 4 is 22.9 Å². The molecule has 2 heterocycles. The van der Waals surface area contributed by atoms with E-state index in [2.05, 4.69) is 26.1 Å². The number of hydrogen-bond acceptors (Lipinski definition) is 6. The second kappa shape index (κ2) is 10.9. The summed E-state index contributed by atoms with van der Waals surface area (Å²) in [6.07, 6.45) is -1.12. The van der Waals surface area contributed by atoms with Gasteiger partial charge in [0.15, 0.2) is 0 Å². The molecular formula is C27H33F3N2O4S. The molecular weight excluding hydrogens is 505 g/mol. The van der Waals surface area contributed by atoms with Gasteiger partial charge in [-0.1, -0.05) is 27.2 Å². The number of benzene rings is 1. The molecule has 202 valence electrons. The van der Waals surface area contributed by atoms with Crippen molar-refractivity contribution in [3.05, 3.63) is 52.4 Å². The summed E-state index contributed by atoms with van der Waals surface area (Å²) in [6.45, 7) is 6.36. The van der Waals surface area contributed by atoms with E-state index in [1.807, 2.05) is 6.08 Å². The molecule has 1 N–H and O–H groups in total. The first-order valence-corrected chi connectivity index (χ1v) is 13.3. The van der Waals surface area contributed by atoms with Crippen LogP contribution in [0.1, 0.15) is 56.1 Å². The molecule has 2 aromatic rings. The predicted molar refractivity (Wildman–Crippen MR) is 137 cm³/mol. The van der Waals surface area contributed by atoms with E-state index in [9.17, 15) is 18.0 Å². The highest BCUT2D eigenvalue weighted by Gasteiger charge is 2.42. The molecule has 1 amide bonds. The van der Waals surface area contributed by atoms with Crippen LogP contribution in [-0.2, 0) is 4.84 Å². The molecule has 0 spiro atoms. The highest BCUT2D eigenvalue weighted by atomic mass is 32.1. The zero-order chi connectivity index (χ0) is 26.8. The quantitative estimate of drug-likeness (QED) is 0.402. The second-order valence-corrected chi connectivity index (χ2v) is 11.5. The number of halogens is 3. The number of nitrogens with zero attached hydrogens (tertiary/aromatic N) is 1. The van der Waals surface area contributed by atoms with Crippen LogP contribution in [0, 0.1) is 17.3 Å². The summed E-state index contributed by atoms with van der Waals surface area (Å²) >= 11 is 1.23. The molecule has 37 heavy (non-hydrogen) atoms. The third-order valence-corrected chi connectivity index (χ3v) is 7.45. The summed E-state index contributed by atoms with van der Waals surface area (Å²) in [5.41, 5.74) is 0.450. The summed E-state index contributed by atoms with van der Waals surface area (Å²) in [5, 5.41) is 6.23. The molecule has 2 aliphatic rings. The number of alkyl halides is 3. The Bertz CT molecular complexity index is 1110. The number of amides is 1. The molecule has 10 heteroatoms. The minimum absolute atomic E-state index is 0.0691. The minimum Gasteiger partial charge on any atom is -0.492 e. The van der Waals surface area contributed by atoms with Crippen LogP contribution < -0.4 is 14.8 Å². The first-order chi connectivity index (χ1) is 17.4. The Labute approximate surface area is 219 Å². The molecule has 1 aliphatic carbocycles. The highest BCUT2D eigenvalue weighted by Crippen LogP contribution is 2.40. The smallest absolute Gasteiger partial charge is 0.391 e. The summed E-state index contributed by atoms with van der Waals surface area (Å²) in [6, 6.07) is 8.69. The Morgan fingerprint density at radius 3 is 2.54 bits per heavy atom. The van der Waals surface area contributed by atoms with Gasteiger partial charge in [-0.25, -0.2) is 0 Å². The lowest BCUT2D eigenvalue weighted by molar-refractivity contribution is -0.186. The maximum absolute atomic E-state index is 13.1. The third-order valence-electron chi connectivity index (χ3n) is 6.56. The van der Waals surface area contributed by atoms with Gasteiger partial charge in [-0.3, -0.25) is 4.79 Å². The van der Waals surface area contributed by atoms with Gasteiger partial charge in [-0.15, -0.1) is 16.4 Å². The molecule has 1 aromatic heterocycles. The van der Waals surface area contributed by atoms with Crippen molar-refractivity contribution in [2.24, 2.45) is 17.3 Å². The van der Waals surface area contributed by atoms with Crippen LogP contribution in [0.4, 0.5) is 18.9 Å². The van der Waals surface area contributed by atoms with E-state index in [4.69, 9.17) is 14.3 Å². The fourth-order valence-electron chi connectivity index (χ4n) is 4.44. The number of nitrogens with one attached hydrogen (secondary N) is 1. The molecule has 0 bridgehead atoms. The highest BCUT2D eigenvalue weighted by molar-refractivity contribution is 7.12. The van der Waals surface area contributed by atoms with Gasteiger partial charge >= 0.3 is 6.18 Å². The number of hydroxylamine groups is 2. The molecule has 1 saturated carbocycles. The van der Waals surface area contributed by atoms with Crippen LogP contribution in [0.15, 0.2) is 47.5 Å². The van der Waals surface area contributed by atoms with E-state index in [0.717, 1.165) is 5.76 Å². The number of carbonyl (C=O) groups is 1. The lowest BCUT2D eigenvalue weighted by Crippen LogP contribution is -2.31. The predicted octanol–water partition coefficient (Wildman–Crippen LogP) is 7.26. The summed E-state index contributed by atoms with van der Waals surface area (Å²) in [4.78, 5) is 19.0. The van der Waals surface area contributed by atoms with Gasteiger partial charge in [-0.05, 0) is 60.9 Å². The molecule has 3 unspecified atom stereocenters. The van der Waals surface area contributed by atoms with Crippen molar-refractivity contribution in [1.82, 2.24) is 5.06 Å². The lowest BCUT2D eigenvalue weighted by atomic mass is 9.81. The average Bonchev–Trinajstić information content (AvgIpc) is 3.45. The Kier molecular flexibility index (Phi) is 8.08. The van der Waals surface area contributed by atoms with Crippen LogP contribution in [0.2, 0.25) is 0 Å². The Morgan fingerprint density at radius 1 is 1.16 bits per heavy atom. The Hall–Kier alpha value is -2.72. The van der Waals surface area contributed by atoms with Crippen LogP contribution in [0.3, 0.4) is 0 Å². The van der Waals surface area contributed by atoms with E-state index in [-0.39, 0.29) is 42.9 Å². The van der Waals surface area contributed by atoms with Gasteiger partial charge in [0, 0.05) is 24.2 Å². The van der Waals surface area contributed by atoms with E-state index in [0.29, 0.717) is 34.9 Å². The average molecular weight is 539 g/mol. The number of carbonyl (C=O) groups excluding carboxylic acids is 1. The molecule has 3 atom stereocenters. The Balaban J connectivity index is 1.31. The van der Waals surface area contributed by atoms with Crippen molar-refractivity contribution in [2.45, 2.75) is 58.9 Å². The fraction of sp³-hybridized carbons (Fsp3) is 0.519. The van der Waals surface area contributed by atoms with Crippen molar-refractivity contribution < 1.29 is 32.3 Å². The standard InChI is InChI=1S/C27H33F3N2O4S/c1-26(2,3)22-15-23(32(4)36-22)35-20-10-8-19(9-11-20)31-25(33)24-21(12-13-37-24)34-16-17-6-5-7-18(14-17)27(28,29)30/h8-13,15,17-18,23H,5-7,14,16H2,1-4H3,(H,31,33). The van der Waals surface area contributed by atoms with E-state index in [1.165, 1.54) is 11.3 Å². The normalized spacial score (nSPS) is 22.8. The maximum atomic E-state index is 13.1. The first-order valence-electron chi connectivity index (χ1n) is 12.4. The topological polar surface area (TPSA) is 60.0 Å². The zero-order valence-corrected chi connectivity index (χ0v) is 22.2. The Morgan fingerprint density at radius 2 is 1.89 bits per heavy atom. The van der Waals surface area contributed by atoms with E-state index < -0.39 is 12.1 Å². The van der Waals surface area contributed by atoms with Gasteiger partial charge < -0.3 is 19.6 Å². The number of likely N-dealkylation sites (N-methyl/N-ethyl adjacent to an activating group) is 1. The van der Waals surface area contributed by atoms with E-state index >= 15 is 0 Å². The monoisotopic (exact) mass is 538 g/mol. The van der Waals surface area contributed by atoms with Crippen LogP contribution in [0.25, 0.3) is 0 Å². The molecule has 0 saturated heterocycles. The number of anilines is 1. The largest absolute Gasteiger partial charge is 0.492 e. The lowest BCUT2D eigenvalue weighted by Gasteiger charge is -2.30. The first kappa shape index (κ1) is 27.3. The SMILES string of the molecule is CN1OC(C(C)(C)C)=CC1Oc1ccc(NC(=O)c2sccc2OCC2CCCC(C(F)(F)F)C2)cc1. The molecule has 0 radical (unpaired) electrons. The third kappa shape index (κ3) is 6.98. The number of hydrogen-bond donors (Lipinski definition) is 1. The summed E-state index contributed by atoms with van der Waals surface area (Å²) in [5.74, 6) is 0.0585. The minimum atomic E-state index is -4.17. The van der Waals surface area contributed by atoms with Crippen molar-refractivity contribution in [1.29, 1.82) is 0 Å². The van der Waals surface area contributed by atoms with Gasteiger partial charge in [0.1, 0.15) is 22.1 Å². The van der Waals surface area contributed by atoms with Gasteiger partial charge in [0.05, 0.1) is 12.5 Å². The van der Waals surface area contributed by atoms with E-state index in [1.54, 1.807) is 47.8 Å². The summed E-state index contributed by atoms with van der Waals surface area (Å²) in [7, 11) is 1.80. The van der Waals surface area contributed by atoms with Crippen LogP contribution in [0.5, 0.6) is 11.5 Å². The fourth-order valence-corrected chi connectivity index (χ4v) is 5.16. The van der Waals surface area contributed by atoms with Gasteiger partial charge in [0.2, 0.25) is 6.23 Å². The van der Waals surface area contributed by atoms with Crippen molar-refractivity contribution in [3.8, 4) is 11.5 Å². The maximum Gasteiger partial charge on any atom is 0.391 e. The molecule has 1 aliphatic heterocycles. The molecule has 1 aromatic carbocycles. The van der Waals surface area contributed by atoms with Crippen LogP contribution in [-0.4, -0.2) is 37.0 Å². The van der Waals surface area contributed by atoms with Crippen molar-refractivity contribution in [3.63, 3.8) is 0 Å².